The molecule has 0 bridgehead atoms. The van der Waals surface area contributed by atoms with Crippen molar-refractivity contribution in [1.29, 1.82) is 0 Å². The summed E-state index contributed by atoms with van der Waals surface area (Å²) in [5, 5.41) is 8.81. The molecule has 0 amide bonds. The second kappa shape index (κ2) is 42.1. The van der Waals surface area contributed by atoms with Gasteiger partial charge in [-0.3, -0.25) is 39.9 Å². The van der Waals surface area contributed by atoms with Crippen LogP contribution in [0, 0.1) is 61.4 Å². The molecule has 0 radical (unpaired) electrons. The van der Waals surface area contributed by atoms with E-state index >= 15 is 0 Å². The molecule has 0 aliphatic carbocycles. The molecule has 0 unspecified atom stereocenters. The van der Waals surface area contributed by atoms with Crippen LogP contribution >= 0.6 is 0 Å². The van der Waals surface area contributed by atoms with E-state index in [0.717, 1.165) is 170 Å². The van der Waals surface area contributed by atoms with Crippen LogP contribution in [0.15, 0.2) is 340 Å². The number of aryl methyl sites for hydroxylation is 4. The summed E-state index contributed by atoms with van der Waals surface area (Å²) in [5.74, 6) is -3.31. The fourth-order valence-corrected chi connectivity index (χ4v) is 16.1. The van der Waals surface area contributed by atoms with Crippen LogP contribution in [-0.2, 0) is 118 Å². The molecule has 14 aromatic heterocycles. The molecule has 0 N–H and O–H groups in total. The maximum Gasteiger partial charge on any atom is 2.00 e. The number of benzene rings is 8. The van der Waals surface area contributed by atoms with E-state index in [-0.39, 0.29) is 119 Å². The number of para-hydroxylation sites is 4. The first kappa shape index (κ1) is 93.8. The summed E-state index contributed by atoms with van der Waals surface area (Å²) in [5.41, 5.74) is 23.7. The molecule has 23 heteroatoms. The van der Waals surface area contributed by atoms with Gasteiger partial charge >= 0.3 is 63.2 Å². The number of pyridine rings is 10. The van der Waals surface area contributed by atoms with Gasteiger partial charge in [0.2, 0.25) is 0 Å². The van der Waals surface area contributed by atoms with E-state index in [1.807, 2.05) is 133 Å². The van der Waals surface area contributed by atoms with Crippen molar-refractivity contribution in [3.8, 4) is 90.8 Å². The van der Waals surface area contributed by atoms with Crippen LogP contribution in [0.2, 0.25) is 0 Å². The van der Waals surface area contributed by atoms with Gasteiger partial charge in [0, 0.05) is 147 Å². The van der Waals surface area contributed by atoms with Crippen molar-refractivity contribution in [1.82, 2.24) is 68.9 Å². The molecule has 0 saturated carbocycles. The minimum absolute atomic E-state index is 0. The smallest absolute Gasteiger partial charge is 0.655 e. The molecule has 658 valence electrons. The summed E-state index contributed by atoms with van der Waals surface area (Å²) in [6.45, 7) is 4.23. The van der Waals surface area contributed by atoms with Crippen LogP contribution in [0.25, 0.3) is 156 Å². The molecule has 0 fully saturated rings. The van der Waals surface area contributed by atoms with Crippen LogP contribution in [0.5, 0.6) is 0 Å². The molecule has 133 heavy (non-hydrogen) atoms. The number of ketones is 1. The summed E-state index contributed by atoms with van der Waals surface area (Å²) in [7, 11) is 4.13. The van der Waals surface area contributed by atoms with Crippen molar-refractivity contribution in [3.05, 3.63) is 444 Å². The van der Waals surface area contributed by atoms with Crippen LogP contribution < -0.4 is 9.97 Å². The van der Waals surface area contributed by atoms with Gasteiger partial charge in [0.25, 0.3) is 0 Å². The third kappa shape index (κ3) is 20.6. The molecular weight excluding hydrogens is 2390 g/mol. The number of halogens is 4. The molecule has 0 spiro atoms. The van der Waals surface area contributed by atoms with E-state index in [1.54, 1.807) is 60.9 Å². The van der Waals surface area contributed by atoms with E-state index < -0.39 is 23.3 Å². The Bertz CT molecular complexity index is 7300. The fourth-order valence-electron chi connectivity index (χ4n) is 16.1. The number of rotatable bonds is 16. The van der Waals surface area contributed by atoms with Gasteiger partial charge in [-0.15, -0.1) is 118 Å². The first-order valence-corrected chi connectivity index (χ1v) is 41.8. The van der Waals surface area contributed by atoms with Gasteiger partial charge in [0.05, 0.1) is 23.8 Å². The number of fused-ring (bicyclic) bond motifs is 6. The molecule has 0 atom stereocenters. The van der Waals surface area contributed by atoms with Crippen molar-refractivity contribution in [2.24, 2.45) is 14.1 Å². The van der Waals surface area contributed by atoms with Gasteiger partial charge < -0.3 is 23.9 Å². The standard InChI is InChI=1S/C31H18N2O.2C29H22N4.C21H12F4N4.4Pt/c34-31(25-11-5-9-23(19-25)29-27-13-3-1-7-21(27)15-17-32-29)26-12-6-10-24(20-26)30-28-14-4-2-8-22(28)16-18-33-30;1-18-22-11-3-5-13-24(22)32-28(18)26-15-7-9-20(30-26)17-21-10-8-16-27(31-21)29-19(2)23-12-4-6-14-25(23)33-29;1-32-26-15-5-3-9-20(26)17-28(32)24-13-7-11-22(30-24)19-23-12-8-14-25(31-23)29-18-21-10-4-6-16-27(21)33(29)2;22-12-7-16(24)20(26-10-12)18-5-1-3-14(28-18)9-15-4-2-6-19(29-15)21-17(25)8-13(23)11-27-21;;;;/h1-18H;3-16H,17H2,1-2H3;3-16H,19H2,1-2H3;1-8,10-11H,9H2;;;;/q3*-2;;;3*+2. The van der Waals surface area contributed by atoms with Crippen LogP contribution in [0.1, 0.15) is 61.2 Å². The van der Waals surface area contributed by atoms with E-state index in [9.17, 15) is 22.4 Å². The van der Waals surface area contributed by atoms with Crippen molar-refractivity contribution < 1.29 is 107 Å². The van der Waals surface area contributed by atoms with Gasteiger partial charge in [0.15, 0.2) is 11.6 Å². The SMILES string of the molecule is Cc1c(-c2cccc(Cc3cccc(-c4[n-]c5ccccc5c4C)n3)n2)[n-]c2ccccc12.Cn1c(-c2cccc(Cc3cccc(-c4[c-]c5ccccc5n4C)n3)n2)[c-]c2ccccc21.Fc1cnc(-c2cccc(Cc3cccc(-c4ncc(F)cc4F)n3)n2)c(F)c1.O=C(c1[c-]c(-c2nccc3ccccc23)ccc1)c1[c-]c(-c2nccc3ccccc23)ccc1.[Pt+2].[Pt+2].[Pt+2].[Pt]. The number of carbonyl (C=O) groups is 1. The van der Waals surface area contributed by atoms with Gasteiger partial charge in [0.1, 0.15) is 28.8 Å². The average molecular weight is 2460 g/mol. The average Bonchev–Trinajstić information content (AvgIpc) is 1.53. The quantitative estimate of drug-likeness (QED) is 0.0506. The van der Waals surface area contributed by atoms with Gasteiger partial charge in [-0.05, 0) is 141 Å². The first-order valence-electron chi connectivity index (χ1n) is 41.8. The number of hydrogen-bond donors (Lipinski definition) is 0. The zero-order valence-corrected chi connectivity index (χ0v) is 80.5. The molecule has 0 aliphatic heterocycles. The van der Waals surface area contributed by atoms with E-state index in [1.165, 1.54) is 21.9 Å². The number of carbonyl (C=O) groups excluding carboxylic acids is 1. The minimum Gasteiger partial charge on any atom is -0.655 e. The minimum atomic E-state index is -0.812. The summed E-state index contributed by atoms with van der Waals surface area (Å²) in [4.78, 5) is 68.2. The summed E-state index contributed by atoms with van der Waals surface area (Å²) >= 11 is 0. The molecule has 0 saturated heterocycles. The van der Waals surface area contributed by atoms with E-state index in [2.05, 4.69) is 213 Å². The summed E-state index contributed by atoms with van der Waals surface area (Å²) in [6, 6.07) is 114. The predicted octanol–water partition coefficient (Wildman–Crippen LogP) is 23.9. The molecule has 22 rings (SSSR count). The van der Waals surface area contributed by atoms with Crippen LogP contribution in [0.3, 0.4) is 0 Å². The predicted molar refractivity (Wildman–Crippen MR) is 499 cm³/mol. The molecule has 14 heterocycles. The van der Waals surface area contributed by atoms with Crippen molar-refractivity contribution >= 4 is 70.9 Å². The topological polar surface area (TPSA) is 184 Å². The van der Waals surface area contributed by atoms with Crippen molar-refractivity contribution in [2.75, 3.05) is 0 Å². The number of aromatic nitrogens is 14. The van der Waals surface area contributed by atoms with Gasteiger partial charge in [-0.1, -0.05) is 203 Å². The van der Waals surface area contributed by atoms with Crippen molar-refractivity contribution in [3.63, 3.8) is 0 Å². The summed E-state index contributed by atoms with van der Waals surface area (Å²) in [6.07, 6.45) is 7.00. The largest absolute Gasteiger partial charge is 2.00 e. The Morgan fingerprint density at radius 1 is 0.331 bits per heavy atom. The first-order chi connectivity index (χ1) is 63.1. The molecule has 22 aromatic rings. The second-order valence-corrected chi connectivity index (χ2v) is 30.9. The Kier molecular flexibility index (Phi) is 29.7. The third-order valence-electron chi connectivity index (χ3n) is 22.4. The van der Waals surface area contributed by atoms with Crippen LogP contribution in [-0.4, -0.2) is 64.8 Å². The monoisotopic (exact) mass is 2460 g/mol. The van der Waals surface area contributed by atoms with E-state index in [0.29, 0.717) is 35.4 Å². The van der Waals surface area contributed by atoms with Crippen molar-refractivity contribution in [2.45, 2.75) is 33.1 Å². The maximum absolute atomic E-state index is 14.0. The summed E-state index contributed by atoms with van der Waals surface area (Å²) < 4.78 is 58.4. The number of hydrogen-bond acceptors (Lipinski definition) is 11. The Labute approximate surface area is 821 Å². The van der Waals surface area contributed by atoms with Crippen LogP contribution in [0.4, 0.5) is 17.6 Å². The second-order valence-electron chi connectivity index (χ2n) is 30.9. The van der Waals surface area contributed by atoms with E-state index in [4.69, 9.17) is 29.9 Å². The number of nitrogens with zero attached hydrogens (tertiary/aromatic N) is 14. The van der Waals surface area contributed by atoms with Gasteiger partial charge in [-0.2, -0.15) is 0 Å². The normalized spacial score (nSPS) is 10.9. The zero-order valence-electron chi connectivity index (χ0n) is 71.4. The maximum atomic E-state index is 14.0. The Balaban J connectivity index is 0.000000134. The Morgan fingerprint density at radius 2 is 0.654 bits per heavy atom. The Hall–Kier alpha value is -13.9. The molecule has 8 aromatic carbocycles. The third-order valence-corrected chi connectivity index (χ3v) is 22.4. The molecule has 15 nitrogen and oxygen atoms in total. The van der Waals surface area contributed by atoms with Gasteiger partial charge in [-0.25, -0.2) is 27.5 Å². The Morgan fingerprint density at radius 3 is 1.03 bits per heavy atom. The fraction of sp³-hybridized carbons (Fsp3) is 0.0636. The molecular formula is C110H74F4N14OPt4. The zero-order chi connectivity index (χ0) is 88.0. The molecule has 0 aliphatic rings.